The van der Waals surface area contributed by atoms with Crippen molar-refractivity contribution in [3.8, 4) is 11.3 Å². The summed E-state index contributed by atoms with van der Waals surface area (Å²) in [6, 6.07) is 16.1. The van der Waals surface area contributed by atoms with Crippen LogP contribution in [-0.4, -0.2) is 31.9 Å². The second-order valence-electron chi connectivity index (χ2n) is 7.73. The van der Waals surface area contributed by atoms with Crippen molar-refractivity contribution in [2.45, 2.75) is 25.3 Å². The molecule has 162 valence electrons. The molecule has 0 aliphatic carbocycles. The van der Waals surface area contributed by atoms with Gasteiger partial charge in [0.25, 0.3) is 12.3 Å². The molecule has 0 radical (unpaired) electrons. The zero-order valence-electron chi connectivity index (χ0n) is 17.0. The van der Waals surface area contributed by atoms with E-state index in [2.05, 4.69) is 10.1 Å². The molecule has 1 saturated heterocycles. The Morgan fingerprint density at radius 1 is 1.06 bits per heavy atom. The summed E-state index contributed by atoms with van der Waals surface area (Å²) < 4.78 is 42.0. The van der Waals surface area contributed by atoms with Crippen molar-refractivity contribution in [3.63, 3.8) is 0 Å². The number of alkyl halides is 2. The Hall–Kier alpha value is -3.68. The van der Waals surface area contributed by atoms with E-state index in [0.717, 1.165) is 22.9 Å². The highest BCUT2D eigenvalue weighted by atomic mass is 19.3. The van der Waals surface area contributed by atoms with Gasteiger partial charge in [0.1, 0.15) is 17.1 Å². The number of halogens is 3. The molecule has 1 aliphatic heterocycles. The van der Waals surface area contributed by atoms with Crippen LogP contribution in [-0.2, 0) is 0 Å². The van der Waals surface area contributed by atoms with E-state index in [1.54, 1.807) is 41.3 Å². The van der Waals surface area contributed by atoms with Gasteiger partial charge in [0.2, 0.25) is 0 Å². The van der Waals surface area contributed by atoms with Gasteiger partial charge in [0, 0.05) is 12.1 Å². The van der Waals surface area contributed by atoms with Crippen molar-refractivity contribution < 1.29 is 18.0 Å². The highest BCUT2D eigenvalue weighted by Crippen LogP contribution is 2.34. The van der Waals surface area contributed by atoms with Gasteiger partial charge >= 0.3 is 0 Å². The van der Waals surface area contributed by atoms with Crippen molar-refractivity contribution in [1.82, 2.24) is 19.5 Å². The summed E-state index contributed by atoms with van der Waals surface area (Å²) >= 11 is 0. The van der Waals surface area contributed by atoms with Gasteiger partial charge < -0.3 is 4.90 Å². The standard InChI is InChI=1S/C24H19F3N4O/c25-17-10-8-16(9-11-17)20-7-4-12-30(20)24(32)18-14-28-31-21(22(26)27)13-19(29-23(18)31)15-5-2-1-3-6-15/h1-3,5-6,8-11,13-14,20,22H,4,7,12H2/t20-/m1/s1. The Morgan fingerprint density at radius 3 is 2.53 bits per heavy atom. The SMILES string of the molecule is O=C(c1cnn2c(C(F)F)cc(-c3ccccc3)nc12)N1CCC[C@@H]1c1ccc(F)cc1. The Kier molecular flexibility index (Phi) is 5.13. The number of carbonyl (C=O) groups is 1. The van der Waals surface area contributed by atoms with E-state index in [9.17, 15) is 18.0 Å². The van der Waals surface area contributed by atoms with Gasteiger partial charge in [0.05, 0.1) is 17.9 Å². The lowest BCUT2D eigenvalue weighted by Gasteiger charge is -2.24. The van der Waals surface area contributed by atoms with Gasteiger partial charge in [-0.1, -0.05) is 42.5 Å². The summed E-state index contributed by atoms with van der Waals surface area (Å²) in [4.78, 5) is 19.7. The zero-order valence-corrected chi connectivity index (χ0v) is 17.0. The normalized spacial score (nSPS) is 16.2. The first-order valence-electron chi connectivity index (χ1n) is 10.3. The largest absolute Gasteiger partial charge is 0.331 e. The Bertz CT molecular complexity index is 1270. The van der Waals surface area contributed by atoms with Crippen LogP contribution in [0.2, 0.25) is 0 Å². The van der Waals surface area contributed by atoms with Gasteiger partial charge in [0.15, 0.2) is 5.65 Å². The molecule has 1 atom stereocenters. The van der Waals surface area contributed by atoms with Crippen LogP contribution in [0.3, 0.4) is 0 Å². The van der Waals surface area contributed by atoms with Crippen molar-refractivity contribution in [2.75, 3.05) is 6.54 Å². The smallest absolute Gasteiger partial charge is 0.280 e. The van der Waals surface area contributed by atoms with Crippen LogP contribution in [0.5, 0.6) is 0 Å². The van der Waals surface area contributed by atoms with Crippen LogP contribution in [0.4, 0.5) is 13.2 Å². The topological polar surface area (TPSA) is 50.5 Å². The predicted octanol–water partition coefficient (Wildman–Crippen LogP) is 5.45. The first-order valence-corrected chi connectivity index (χ1v) is 10.3. The van der Waals surface area contributed by atoms with Crippen LogP contribution in [0.25, 0.3) is 16.9 Å². The maximum Gasteiger partial charge on any atom is 0.280 e. The third-order valence-corrected chi connectivity index (χ3v) is 5.79. The van der Waals surface area contributed by atoms with Gasteiger partial charge in [-0.15, -0.1) is 0 Å². The molecule has 5 nitrogen and oxygen atoms in total. The highest BCUT2D eigenvalue weighted by molar-refractivity contribution is 6.00. The molecule has 0 unspecified atom stereocenters. The summed E-state index contributed by atoms with van der Waals surface area (Å²) in [5.74, 6) is -0.672. The number of hydrogen-bond acceptors (Lipinski definition) is 3. The minimum absolute atomic E-state index is 0.0939. The van der Waals surface area contributed by atoms with Crippen molar-refractivity contribution >= 4 is 11.6 Å². The molecule has 8 heteroatoms. The fraction of sp³-hybridized carbons (Fsp3) is 0.208. The lowest BCUT2D eigenvalue weighted by molar-refractivity contribution is 0.0737. The quantitative estimate of drug-likeness (QED) is 0.428. The van der Waals surface area contributed by atoms with Gasteiger partial charge in [-0.05, 0) is 36.6 Å². The summed E-state index contributed by atoms with van der Waals surface area (Å²) in [5.41, 5.74) is 1.78. The summed E-state index contributed by atoms with van der Waals surface area (Å²) in [5, 5.41) is 4.05. The molecular weight excluding hydrogens is 417 g/mol. The maximum absolute atomic E-state index is 13.8. The molecule has 32 heavy (non-hydrogen) atoms. The third kappa shape index (κ3) is 3.51. The predicted molar refractivity (Wildman–Crippen MR) is 113 cm³/mol. The molecule has 0 N–H and O–H groups in total. The van der Waals surface area contributed by atoms with Gasteiger partial charge in [-0.3, -0.25) is 4.79 Å². The average Bonchev–Trinajstić information content (AvgIpc) is 3.46. The third-order valence-electron chi connectivity index (χ3n) is 5.79. The number of benzene rings is 2. The fourth-order valence-corrected chi connectivity index (χ4v) is 4.25. The fourth-order valence-electron chi connectivity index (χ4n) is 4.25. The maximum atomic E-state index is 13.8. The van der Waals surface area contributed by atoms with Crippen molar-refractivity contribution in [3.05, 3.63) is 89.5 Å². The number of likely N-dealkylation sites (tertiary alicyclic amines) is 1. The first kappa shape index (κ1) is 20.2. The number of fused-ring (bicyclic) bond motifs is 1. The summed E-state index contributed by atoms with van der Waals surface area (Å²) in [6.45, 7) is 0.512. The Balaban J connectivity index is 1.58. The number of rotatable bonds is 4. The first-order chi connectivity index (χ1) is 15.5. The number of nitrogens with zero attached hydrogens (tertiary/aromatic N) is 4. The molecule has 1 amide bonds. The zero-order chi connectivity index (χ0) is 22.2. The monoisotopic (exact) mass is 436 g/mol. The molecule has 5 rings (SSSR count). The molecule has 4 aromatic rings. The second-order valence-corrected chi connectivity index (χ2v) is 7.73. The van der Waals surface area contributed by atoms with E-state index >= 15 is 0 Å². The van der Waals surface area contributed by atoms with E-state index in [-0.39, 0.29) is 34.7 Å². The van der Waals surface area contributed by atoms with E-state index in [1.807, 2.05) is 6.07 Å². The van der Waals surface area contributed by atoms with Crippen molar-refractivity contribution in [2.24, 2.45) is 0 Å². The number of aromatic nitrogens is 3. The van der Waals surface area contributed by atoms with Crippen molar-refractivity contribution in [1.29, 1.82) is 0 Å². The lowest BCUT2D eigenvalue weighted by atomic mass is 10.0. The number of hydrogen-bond donors (Lipinski definition) is 0. The van der Waals surface area contributed by atoms with E-state index in [1.165, 1.54) is 24.4 Å². The van der Waals surface area contributed by atoms with E-state index in [0.29, 0.717) is 17.8 Å². The molecular formula is C24H19F3N4O. The molecule has 2 aromatic heterocycles. The van der Waals surface area contributed by atoms with Crippen LogP contribution in [0.1, 0.15) is 46.9 Å². The van der Waals surface area contributed by atoms with Crippen LogP contribution in [0.15, 0.2) is 66.9 Å². The van der Waals surface area contributed by atoms with Crippen LogP contribution >= 0.6 is 0 Å². The lowest BCUT2D eigenvalue weighted by Crippen LogP contribution is -2.30. The highest BCUT2D eigenvalue weighted by Gasteiger charge is 2.33. The molecule has 2 aromatic carbocycles. The van der Waals surface area contributed by atoms with Crippen LogP contribution < -0.4 is 0 Å². The average molecular weight is 436 g/mol. The van der Waals surface area contributed by atoms with E-state index < -0.39 is 6.43 Å². The minimum atomic E-state index is -2.79. The molecule has 1 fully saturated rings. The number of amides is 1. The molecule has 0 saturated carbocycles. The second kappa shape index (κ2) is 8.11. The molecule has 0 bridgehead atoms. The Morgan fingerprint density at radius 2 is 1.81 bits per heavy atom. The summed E-state index contributed by atoms with van der Waals surface area (Å²) in [6.07, 6.45) is 0.0369. The minimum Gasteiger partial charge on any atom is -0.331 e. The number of carbonyl (C=O) groups excluding carboxylic acids is 1. The molecule has 0 spiro atoms. The van der Waals surface area contributed by atoms with E-state index in [4.69, 9.17) is 0 Å². The Labute approximate surface area is 182 Å². The summed E-state index contributed by atoms with van der Waals surface area (Å²) in [7, 11) is 0. The van der Waals surface area contributed by atoms with Crippen LogP contribution in [0, 0.1) is 5.82 Å². The van der Waals surface area contributed by atoms with Gasteiger partial charge in [-0.2, -0.15) is 5.10 Å². The molecule has 3 heterocycles. The van der Waals surface area contributed by atoms with Gasteiger partial charge in [-0.25, -0.2) is 22.7 Å². The molecule has 1 aliphatic rings.